The first-order chi connectivity index (χ1) is 9.08. The van der Waals surface area contributed by atoms with Crippen LogP contribution >= 0.6 is 15.9 Å². The molecule has 1 aliphatic rings. The van der Waals surface area contributed by atoms with E-state index in [0.29, 0.717) is 5.92 Å². The van der Waals surface area contributed by atoms with E-state index in [1.165, 1.54) is 6.42 Å². The van der Waals surface area contributed by atoms with Crippen LogP contribution in [0.5, 0.6) is 0 Å². The number of primary amides is 1. The summed E-state index contributed by atoms with van der Waals surface area (Å²) in [7, 11) is 0. The monoisotopic (exact) mass is 324 g/mol. The van der Waals surface area contributed by atoms with Gasteiger partial charge in [0.25, 0.3) is 0 Å². The van der Waals surface area contributed by atoms with Gasteiger partial charge in [0.2, 0.25) is 5.91 Å². The molecule has 0 radical (unpaired) electrons. The van der Waals surface area contributed by atoms with Crippen LogP contribution in [0.2, 0.25) is 0 Å². The second-order valence-electron chi connectivity index (χ2n) is 5.32. The molecule has 0 saturated heterocycles. The predicted molar refractivity (Wildman–Crippen MR) is 81.9 cm³/mol. The SMILES string of the molecule is CCC1CCCCC1(Nc1ccc(Br)cc1)C(N)=O. The van der Waals surface area contributed by atoms with E-state index >= 15 is 0 Å². The van der Waals surface area contributed by atoms with Crippen molar-refractivity contribution in [1.29, 1.82) is 0 Å². The van der Waals surface area contributed by atoms with Crippen LogP contribution in [0.3, 0.4) is 0 Å². The molecular weight excluding hydrogens is 304 g/mol. The van der Waals surface area contributed by atoms with Gasteiger partial charge in [0.05, 0.1) is 0 Å². The quantitative estimate of drug-likeness (QED) is 0.887. The van der Waals surface area contributed by atoms with E-state index in [1.54, 1.807) is 0 Å². The van der Waals surface area contributed by atoms with E-state index in [9.17, 15) is 4.79 Å². The molecule has 104 valence electrons. The summed E-state index contributed by atoms with van der Waals surface area (Å²) in [5.74, 6) is 0.101. The zero-order valence-electron chi connectivity index (χ0n) is 11.3. The maximum absolute atomic E-state index is 12.1. The van der Waals surface area contributed by atoms with Gasteiger partial charge in [-0.05, 0) is 43.0 Å². The summed E-state index contributed by atoms with van der Waals surface area (Å²) in [4.78, 5) is 12.1. The number of rotatable bonds is 4. The van der Waals surface area contributed by atoms with E-state index in [4.69, 9.17) is 5.73 Å². The van der Waals surface area contributed by atoms with Gasteiger partial charge in [-0.3, -0.25) is 4.79 Å². The summed E-state index contributed by atoms with van der Waals surface area (Å²) in [5, 5.41) is 3.43. The van der Waals surface area contributed by atoms with E-state index < -0.39 is 5.54 Å². The van der Waals surface area contributed by atoms with Gasteiger partial charge in [0, 0.05) is 10.2 Å². The number of hydrogen-bond donors (Lipinski definition) is 2. The molecule has 1 aromatic carbocycles. The van der Waals surface area contributed by atoms with Gasteiger partial charge in [-0.15, -0.1) is 0 Å². The molecule has 1 aromatic rings. The second kappa shape index (κ2) is 5.95. The van der Waals surface area contributed by atoms with Crippen LogP contribution in [0, 0.1) is 5.92 Å². The summed E-state index contributed by atoms with van der Waals surface area (Å²) in [6.07, 6.45) is 5.13. The number of nitrogens with one attached hydrogen (secondary N) is 1. The molecule has 3 nitrogen and oxygen atoms in total. The Morgan fingerprint density at radius 2 is 2.11 bits per heavy atom. The van der Waals surface area contributed by atoms with Crippen LogP contribution in [-0.2, 0) is 4.79 Å². The van der Waals surface area contributed by atoms with E-state index in [-0.39, 0.29) is 5.91 Å². The number of hydrogen-bond acceptors (Lipinski definition) is 2. The highest BCUT2D eigenvalue weighted by molar-refractivity contribution is 9.10. The van der Waals surface area contributed by atoms with Crippen molar-refractivity contribution in [2.75, 3.05) is 5.32 Å². The lowest BCUT2D eigenvalue weighted by Gasteiger charge is -2.42. The van der Waals surface area contributed by atoms with Gasteiger partial charge >= 0.3 is 0 Å². The zero-order chi connectivity index (χ0) is 13.9. The third-order valence-corrected chi connectivity index (χ3v) is 4.74. The lowest BCUT2D eigenvalue weighted by atomic mass is 9.70. The largest absolute Gasteiger partial charge is 0.371 e. The maximum Gasteiger partial charge on any atom is 0.243 e. The average molecular weight is 325 g/mol. The van der Waals surface area contributed by atoms with Crippen LogP contribution in [0.1, 0.15) is 39.0 Å². The van der Waals surface area contributed by atoms with Crippen molar-refractivity contribution in [3.05, 3.63) is 28.7 Å². The van der Waals surface area contributed by atoms with Crippen molar-refractivity contribution in [3.8, 4) is 0 Å². The summed E-state index contributed by atoms with van der Waals surface area (Å²) in [6.45, 7) is 2.14. The first kappa shape index (κ1) is 14.4. The van der Waals surface area contributed by atoms with Crippen LogP contribution in [0.25, 0.3) is 0 Å². The number of carbonyl (C=O) groups is 1. The van der Waals surface area contributed by atoms with Crippen molar-refractivity contribution >= 4 is 27.5 Å². The lowest BCUT2D eigenvalue weighted by molar-refractivity contribution is -0.125. The van der Waals surface area contributed by atoms with Crippen LogP contribution in [0.15, 0.2) is 28.7 Å². The molecule has 0 aromatic heterocycles. The molecule has 1 fully saturated rings. The molecule has 1 aliphatic carbocycles. The molecule has 0 bridgehead atoms. The number of amides is 1. The Morgan fingerprint density at radius 3 is 2.68 bits per heavy atom. The third-order valence-electron chi connectivity index (χ3n) is 4.21. The third kappa shape index (κ3) is 2.94. The highest BCUT2D eigenvalue weighted by atomic mass is 79.9. The van der Waals surface area contributed by atoms with Gasteiger partial charge in [-0.25, -0.2) is 0 Å². The van der Waals surface area contributed by atoms with Crippen LogP contribution in [0.4, 0.5) is 5.69 Å². The van der Waals surface area contributed by atoms with Crippen LogP contribution < -0.4 is 11.1 Å². The Balaban J connectivity index is 2.28. The molecule has 2 atom stereocenters. The predicted octanol–water partition coefficient (Wildman–Crippen LogP) is 3.69. The Bertz CT molecular complexity index is 446. The molecule has 4 heteroatoms. The topological polar surface area (TPSA) is 55.1 Å². The van der Waals surface area contributed by atoms with Crippen molar-refractivity contribution in [2.24, 2.45) is 11.7 Å². The number of anilines is 1. The summed E-state index contributed by atoms with van der Waals surface area (Å²) < 4.78 is 1.03. The number of nitrogens with two attached hydrogens (primary N) is 1. The Hall–Kier alpha value is -1.03. The molecule has 1 amide bonds. The van der Waals surface area contributed by atoms with Crippen molar-refractivity contribution in [1.82, 2.24) is 0 Å². The fraction of sp³-hybridized carbons (Fsp3) is 0.533. The van der Waals surface area contributed by atoms with E-state index in [1.807, 2.05) is 24.3 Å². The molecule has 19 heavy (non-hydrogen) atoms. The van der Waals surface area contributed by atoms with Crippen molar-refractivity contribution in [3.63, 3.8) is 0 Å². The van der Waals surface area contributed by atoms with Gasteiger partial charge in [-0.1, -0.05) is 42.1 Å². The molecule has 3 N–H and O–H groups in total. The Kier molecular flexibility index (Phi) is 4.50. The first-order valence-electron chi connectivity index (χ1n) is 6.92. The molecule has 1 saturated carbocycles. The van der Waals surface area contributed by atoms with Crippen molar-refractivity contribution < 1.29 is 4.79 Å². The first-order valence-corrected chi connectivity index (χ1v) is 7.71. The fourth-order valence-corrected chi connectivity index (χ4v) is 3.40. The van der Waals surface area contributed by atoms with Gasteiger partial charge in [-0.2, -0.15) is 0 Å². The molecule has 2 unspecified atom stereocenters. The van der Waals surface area contributed by atoms with Gasteiger partial charge in [0.15, 0.2) is 0 Å². The molecular formula is C15H21BrN2O. The highest BCUT2D eigenvalue weighted by Gasteiger charge is 2.44. The average Bonchev–Trinajstić information content (AvgIpc) is 2.41. The molecule has 0 aliphatic heterocycles. The molecule has 2 rings (SSSR count). The summed E-state index contributed by atoms with van der Waals surface area (Å²) >= 11 is 3.42. The summed E-state index contributed by atoms with van der Waals surface area (Å²) in [6, 6.07) is 7.91. The van der Waals surface area contributed by atoms with E-state index in [0.717, 1.165) is 35.8 Å². The van der Waals surface area contributed by atoms with Gasteiger partial charge in [0.1, 0.15) is 5.54 Å². The number of carbonyl (C=O) groups excluding carboxylic acids is 1. The highest BCUT2D eigenvalue weighted by Crippen LogP contribution is 2.38. The lowest BCUT2D eigenvalue weighted by Crippen LogP contribution is -2.57. The fourth-order valence-electron chi connectivity index (χ4n) is 3.14. The smallest absolute Gasteiger partial charge is 0.243 e. The molecule has 0 heterocycles. The zero-order valence-corrected chi connectivity index (χ0v) is 12.9. The van der Waals surface area contributed by atoms with Gasteiger partial charge < -0.3 is 11.1 Å². The van der Waals surface area contributed by atoms with Crippen LogP contribution in [-0.4, -0.2) is 11.4 Å². The maximum atomic E-state index is 12.1. The van der Waals surface area contributed by atoms with Crippen molar-refractivity contribution in [2.45, 2.75) is 44.6 Å². The second-order valence-corrected chi connectivity index (χ2v) is 6.23. The summed E-state index contributed by atoms with van der Waals surface area (Å²) in [5.41, 5.74) is 6.11. The normalized spacial score (nSPS) is 26.9. The van der Waals surface area contributed by atoms with E-state index in [2.05, 4.69) is 28.2 Å². The minimum Gasteiger partial charge on any atom is -0.371 e. The Morgan fingerprint density at radius 1 is 1.42 bits per heavy atom. The number of halogens is 1. The Labute approximate surface area is 123 Å². The number of benzene rings is 1. The minimum absolute atomic E-state index is 0.220. The minimum atomic E-state index is -0.583. The standard InChI is InChI=1S/C15H21BrN2O/c1-2-11-5-3-4-10-15(11,14(17)19)18-13-8-6-12(16)7-9-13/h6-9,11,18H,2-5,10H2,1H3,(H2,17,19). The molecule has 0 spiro atoms.